The van der Waals surface area contributed by atoms with Crippen molar-refractivity contribution in [2.24, 2.45) is 0 Å². The van der Waals surface area contributed by atoms with Gasteiger partial charge in [0.1, 0.15) is 11.0 Å². The molecule has 0 bridgehead atoms. The summed E-state index contributed by atoms with van der Waals surface area (Å²) in [5, 5.41) is 13.6. The van der Waals surface area contributed by atoms with Gasteiger partial charge in [-0.25, -0.2) is 4.98 Å². The Balaban J connectivity index is 1.44. The van der Waals surface area contributed by atoms with Crippen molar-refractivity contribution >= 4 is 24.6 Å². The second kappa shape index (κ2) is 24.4. The summed E-state index contributed by atoms with van der Waals surface area (Å²) in [6.45, 7) is 6.27. The fourth-order valence-corrected chi connectivity index (χ4v) is 7.21. The van der Waals surface area contributed by atoms with Crippen molar-refractivity contribution in [3.8, 4) is 0 Å². The molecule has 2 aromatic rings. The number of hydrogen-bond acceptors (Lipinski definition) is 9. The van der Waals surface area contributed by atoms with Gasteiger partial charge >= 0.3 is 7.60 Å². The lowest BCUT2D eigenvalue weighted by atomic mass is 10.0. The Morgan fingerprint density at radius 3 is 2.04 bits per heavy atom. The third-order valence-corrected chi connectivity index (χ3v) is 10.0. The van der Waals surface area contributed by atoms with Crippen LogP contribution in [-0.4, -0.2) is 65.3 Å². The van der Waals surface area contributed by atoms with E-state index in [-0.39, 0.29) is 37.4 Å². The van der Waals surface area contributed by atoms with Crippen LogP contribution in [0.1, 0.15) is 129 Å². The Hall–Kier alpha value is -1.75. The molecule has 260 valence electrons. The minimum Gasteiger partial charge on any atom is -0.391 e. The first-order valence-corrected chi connectivity index (χ1v) is 19.3. The fourth-order valence-electron chi connectivity index (χ4n) is 5.47. The van der Waals surface area contributed by atoms with Crippen LogP contribution in [0.15, 0.2) is 11.0 Å². The van der Waals surface area contributed by atoms with Crippen molar-refractivity contribution < 1.29 is 23.5 Å². The van der Waals surface area contributed by atoms with Crippen LogP contribution in [0.2, 0.25) is 0 Å². The maximum Gasteiger partial charge on any atom is 0.333 e. The molecule has 0 spiro atoms. The molecule has 11 nitrogen and oxygen atoms in total. The number of aliphatic hydroxyl groups is 1. The maximum atomic E-state index is 13.1. The Morgan fingerprint density at radius 2 is 1.44 bits per heavy atom. The summed E-state index contributed by atoms with van der Waals surface area (Å²) in [5.74, 6) is 0.0359. The Morgan fingerprint density at radius 1 is 0.867 bits per heavy atom. The molecule has 6 N–H and O–H groups in total. The predicted octanol–water partition coefficient (Wildman–Crippen LogP) is 7.20. The molecule has 0 aliphatic rings. The summed E-state index contributed by atoms with van der Waals surface area (Å²) in [4.78, 5) is 21.5. The van der Waals surface area contributed by atoms with Gasteiger partial charge in [0.05, 0.1) is 25.5 Å². The molecule has 0 aliphatic heterocycles. The quantitative estimate of drug-likeness (QED) is 0.0432. The average Bonchev–Trinajstić information content (AvgIpc) is 3.41. The van der Waals surface area contributed by atoms with Crippen LogP contribution in [0.4, 0.5) is 5.95 Å². The summed E-state index contributed by atoms with van der Waals surface area (Å²) >= 11 is 0. The fraction of sp³-hybridized carbons (Fsp3) is 0.818. The number of fused-ring (bicyclic) bond motifs is 1. The van der Waals surface area contributed by atoms with Crippen molar-refractivity contribution in [1.29, 1.82) is 0 Å². The zero-order chi connectivity index (χ0) is 32.6. The molecule has 12 heteroatoms. The molecule has 2 atom stereocenters. The topological polar surface area (TPSA) is 165 Å². The smallest absolute Gasteiger partial charge is 0.333 e. The SMILES string of the molecule is CCCCCCCCCCCCCCCCCCOCCCOP(=O)(C[C@@H](O)CNCc1c[nH]c2c(=O)[nH]c(N)nc12)OCC. The second-order valence-corrected chi connectivity index (χ2v) is 14.2. The van der Waals surface area contributed by atoms with Gasteiger partial charge in [-0.15, -0.1) is 0 Å². The van der Waals surface area contributed by atoms with Crippen LogP contribution in [0.5, 0.6) is 0 Å². The molecule has 0 saturated carbocycles. The number of H-pyrrole nitrogens is 2. The van der Waals surface area contributed by atoms with E-state index >= 15 is 0 Å². The zero-order valence-corrected chi connectivity index (χ0v) is 29.0. The van der Waals surface area contributed by atoms with E-state index in [1.54, 1.807) is 13.1 Å². The zero-order valence-electron chi connectivity index (χ0n) is 28.1. The van der Waals surface area contributed by atoms with E-state index in [9.17, 15) is 14.5 Å². The standard InChI is InChI=1S/C33H62N5O6P/c1-3-5-6-7-8-9-10-11-12-13-14-15-16-17-18-19-21-42-22-20-23-44-45(41,43-4-2)27-29(39)26-35-24-28-25-36-31-30(28)37-33(34)38-32(31)40/h25,29,35-36,39H,3-24,26-27H2,1-2H3,(H3,34,37,38,40)/t29-,45?/m0/s1. The molecule has 2 rings (SSSR count). The van der Waals surface area contributed by atoms with Crippen molar-refractivity contribution in [2.75, 3.05) is 44.9 Å². The molecule has 1 unspecified atom stereocenters. The number of nitrogens with one attached hydrogen (secondary N) is 3. The molecular weight excluding hydrogens is 593 g/mol. The highest BCUT2D eigenvalue weighted by atomic mass is 31.2. The number of nitrogens with two attached hydrogens (primary N) is 1. The molecule has 2 heterocycles. The molecule has 45 heavy (non-hydrogen) atoms. The van der Waals surface area contributed by atoms with Gasteiger partial charge < -0.3 is 34.9 Å². The number of nitrogen functional groups attached to an aromatic ring is 1. The molecule has 0 radical (unpaired) electrons. The first-order chi connectivity index (χ1) is 21.9. The van der Waals surface area contributed by atoms with E-state index < -0.39 is 13.7 Å². The van der Waals surface area contributed by atoms with Crippen LogP contribution in [0, 0.1) is 0 Å². The average molecular weight is 656 g/mol. The lowest BCUT2D eigenvalue weighted by Gasteiger charge is -2.21. The van der Waals surface area contributed by atoms with Crippen molar-refractivity contribution in [3.05, 3.63) is 22.1 Å². The number of hydrogen-bond donors (Lipinski definition) is 5. The first-order valence-electron chi connectivity index (χ1n) is 17.6. The van der Waals surface area contributed by atoms with Crippen molar-refractivity contribution in [1.82, 2.24) is 20.3 Å². The summed E-state index contributed by atoms with van der Waals surface area (Å²) in [6.07, 6.45) is 22.8. The number of unbranched alkanes of at least 4 members (excludes halogenated alkanes) is 15. The Kier molecular flexibility index (Phi) is 21.4. The van der Waals surface area contributed by atoms with E-state index in [0.717, 1.165) is 18.6 Å². The predicted molar refractivity (Wildman–Crippen MR) is 184 cm³/mol. The number of ether oxygens (including phenoxy) is 1. The highest BCUT2D eigenvalue weighted by Crippen LogP contribution is 2.48. The van der Waals surface area contributed by atoms with Crippen molar-refractivity contribution in [3.63, 3.8) is 0 Å². The Bertz CT molecular complexity index is 1130. The largest absolute Gasteiger partial charge is 0.391 e. The van der Waals surface area contributed by atoms with Gasteiger partial charge in [0.15, 0.2) is 0 Å². The van der Waals surface area contributed by atoms with Crippen LogP contribution in [0.3, 0.4) is 0 Å². The minimum absolute atomic E-state index is 0.0359. The highest BCUT2D eigenvalue weighted by Gasteiger charge is 2.28. The van der Waals surface area contributed by atoms with E-state index in [1.165, 1.54) is 96.3 Å². The summed E-state index contributed by atoms with van der Waals surface area (Å²) < 4.78 is 29.9. The minimum atomic E-state index is -3.45. The normalized spacial score (nSPS) is 13.8. The summed E-state index contributed by atoms with van der Waals surface area (Å²) in [5.41, 5.74) is 6.85. The lowest BCUT2D eigenvalue weighted by Crippen LogP contribution is -2.29. The van der Waals surface area contributed by atoms with Gasteiger partial charge in [-0.05, 0) is 19.8 Å². The molecule has 2 aromatic heterocycles. The third-order valence-electron chi connectivity index (χ3n) is 7.95. The van der Waals surface area contributed by atoms with Crippen molar-refractivity contribution in [2.45, 2.75) is 136 Å². The summed E-state index contributed by atoms with van der Waals surface area (Å²) in [7, 11) is -3.45. The van der Waals surface area contributed by atoms with E-state index in [1.807, 2.05) is 0 Å². The van der Waals surface area contributed by atoms with Crippen LogP contribution >= 0.6 is 7.60 Å². The number of rotatable bonds is 30. The second-order valence-electron chi connectivity index (χ2n) is 12.1. The maximum absolute atomic E-state index is 13.1. The first kappa shape index (κ1) is 39.4. The van der Waals surface area contributed by atoms with Gasteiger partial charge in [0.2, 0.25) is 5.95 Å². The monoisotopic (exact) mass is 655 g/mol. The third kappa shape index (κ3) is 17.7. The number of aromatic amines is 2. The van der Waals surface area contributed by atoms with Crippen LogP contribution in [-0.2, 0) is 24.9 Å². The Labute approximate surface area is 270 Å². The highest BCUT2D eigenvalue weighted by molar-refractivity contribution is 7.53. The van der Waals surface area contributed by atoms with Gasteiger partial charge in [0, 0.05) is 38.1 Å². The molecule has 0 saturated heterocycles. The van der Waals surface area contributed by atoms with Crippen LogP contribution in [0.25, 0.3) is 11.0 Å². The van der Waals surface area contributed by atoms with E-state index in [4.69, 9.17) is 19.5 Å². The van der Waals surface area contributed by atoms with Gasteiger partial charge in [0.25, 0.3) is 5.56 Å². The molecular formula is C33H62N5O6P. The molecule has 0 aliphatic carbocycles. The van der Waals surface area contributed by atoms with Crippen LogP contribution < -0.4 is 16.6 Å². The van der Waals surface area contributed by atoms with Gasteiger partial charge in [-0.2, -0.15) is 0 Å². The summed E-state index contributed by atoms with van der Waals surface area (Å²) in [6, 6.07) is 0. The molecule has 0 amide bonds. The number of nitrogens with zero attached hydrogens (tertiary/aromatic N) is 1. The molecule has 0 fully saturated rings. The number of anilines is 1. The molecule has 0 aromatic carbocycles. The van der Waals surface area contributed by atoms with Gasteiger partial charge in [-0.1, -0.05) is 103 Å². The van der Waals surface area contributed by atoms with E-state index in [2.05, 4.69) is 27.2 Å². The number of aromatic nitrogens is 3. The number of aliphatic hydroxyl groups excluding tert-OH is 1. The van der Waals surface area contributed by atoms with E-state index in [0.29, 0.717) is 30.6 Å². The lowest BCUT2D eigenvalue weighted by molar-refractivity contribution is 0.109. The van der Waals surface area contributed by atoms with Gasteiger partial charge in [-0.3, -0.25) is 14.3 Å².